The summed E-state index contributed by atoms with van der Waals surface area (Å²) in [5.74, 6) is 0.792. The number of aromatic nitrogens is 2. The van der Waals surface area contributed by atoms with Crippen LogP contribution in [0.1, 0.15) is 23.6 Å². The lowest BCUT2D eigenvalue weighted by Gasteiger charge is -2.11. The van der Waals surface area contributed by atoms with Gasteiger partial charge in [-0.3, -0.25) is 9.89 Å². The second-order valence-corrected chi connectivity index (χ2v) is 5.92. The maximum absolute atomic E-state index is 12.3. The number of ether oxygens (including phenoxy) is 1. The van der Waals surface area contributed by atoms with Crippen LogP contribution in [0.3, 0.4) is 0 Å². The molecule has 1 aromatic carbocycles. The average molecular weight is 335 g/mol. The number of halogens is 1. The van der Waals surface area contributed by atoms with Crippen molar-refractivity contribution < 1.29 is 9.53 Å². The Balaban J connectivity index is 1.70. The summed E-state index contributed by atoms with van der Waals surface area (Å²) >= 11 is 6.24. The van der Waals surface area contributed by atoms with Crippen LogP contribution in [0.25, 0.3) is 0 Å². The maximum Gasteiger partial charge on any atom is 0.228 e. The molecule has 1 aliphatic rings. The van der Waals surface area contributed by atoms with Crippen LogP contribution in [0.4, 0.5) is 5.69 Å². The summed E-state index contributed by atoms with van der Waals surface area (Å²) in [6.07, 6.45) is 2.87. The molecule has 0 spiro atoms. The Bertz CT molecular complexity index is 695. The Morgan fingerprint density at radius 2 is 2.39 bits per heavy atom. The zero-order valence-corrected chi connectivity index (χ0v) is 13.6. The minimum absolute atomic E-state index is 0.131. The third-order valence-electron chi connectivity index (χ3n) is 4.03. The SMILES string of the molecule is COc1cccc(CC(=O)Nc2cn[nH]c2C2CCNC2)c1Cl. The minimum atomic E-state index is -0.131. The lowest BCUT2D eigenvalue weighted by molar-refractivity contribution is -0.115. The van der Waals surface area contributed by atoms with Crippen LogP contribution in [-0.2, 0) is 11.2 Å². The number of amides is 1. The van der Waals surface area contributed by atoms with Gasteiger partial charge in [-0.15, -0.1) is 0 Å². The van der Waals surface area contributed by atoms with Crippen molar-refractivity contribution in [2.75, 3.05) is 25.5 Å². The van der Waals surface area contributed by atoms with Crippen LogP contribution in [-0.4, -0.2) is 36.3 Å². The zero-order chi connectivity index (χ0) is 16.2. The number of aromatic amines is 1. The standard InChI is InChI=1S/C16H19ClN4O2/c1-23-13-4-2-3-10(15(13)17)7-14(22)20-12-9-19-21-16(12)11-5-6-18-8-11/h2-4,9,11,18H,5-8H2,1H3,(H,19,21)(H,20,22). The van der Waals surface area contributed by atoms with Crippen LogP contribution in [0.2, 0.25) is 5.02 Å². The fourth-order valence-corrected chi connectivity index (χ4v) is 3.10. The van der Waals surface area contributed by atoms with E-state index in [0.29, 0.717) is 16.7 Å². The van der Waals surface area contributed by atoms with E-state index in [1.54, 1.807) is 19.4 Å². The maximum atomic E-state index is 12.3. The van der Waals surface area contributed by atoms with Crippen molar-refractivity contribution in [3.05, 3.63) is 40.7 Å². The largest absolute Gasteiger partial charge is 0.495 e. The molecule has 3 N–H and O–H groups in total. The minimum Gasteiger partial charge on any atom is -0.495 e. The van der Waals surface area contributed by atoms with E-state index in [9.17, 15) is 4.79 Å². The van der Waals surface area contributed by atoms with Crippen LogP contribution in [0, 0.1) is 0 Å². The zero-order valence-electron chi connectivity index (χ0n) is 12.9. The molecule has 1 fully saturated rings. The highest BCUT2D eigenvalue weighted by atomic mass is 35.5. The highest BCUT2D eigenvalue weighted by Gasteiger charge is 2.22. The van der Waals surface area contributed by atoms with Crippen molar-refractivity contribution in [3.63, 3.8) is 0 Å². The van der Waals surface area contributed by atoms with Gasteiger partial charge in [0.15, 0.2) is 0 Å². The third kappa shape index (κ3) is 3.48. The number of carbonyl (C=O) groups is 1. The highest BCUT2D eigenvalue weighted by molar-refractivity contribution is 6.33. The normalized spacial score (nSPS) is 17.2. The predicted octanol–water partition coefficient (Wildman–Crippen LogP) is 2.33. The monoisotopic (exact) mass is 334 g/mol. The summed E-state index contributed by atoms with van der Waals surface area (Å²) in [5.41, 5.74) is 2.44. The first-order valence-electron chi connectivity index (χ1n) is 7.54. The Kier molecular flexibility index (Phi) is 4.83. The molecule has 0 bridgehead atoms. The highest BCUT2D eigenvalue weighted by Crippen LogP contribution is 2.29. The first kappa shape index (κ1) is 15.8. The quantitative estimate of drug-likeness (QED) is 0.784. The van der Waals surface area contributed by atoms with Gasteiger partial charge in [0.25, 0.3) is 0 Å². The Labute approximate surface area is 139 Å². The second-order valence-electron chi connectivity index (χ2n) is 5.55. The number of nitrogens with one attached hydrogen (secondary N) is 3. The first-order chi connectivity index (χ1) is 11.2. The molecule has 122 valence electrons. The van der Waals surface area contributed by atoms with Crippen molar-refractivity contribution in [2.24, 2.45) is 0 Å². The second kappa shape index (κ2) is 7.02. The number of methoxy groups -OCH3 is 1. The van der Waals surface area contributed by atoms with Gasteiger partial charge in [0.05, 0.1) is 36.1 Å². The molecule has 23 heavy (non-hydrogen) atoms. The molecule has 6 nitrogen and oxygen atoms in total. The van der Waals surface area contributed by atoms with Crippen LogP contribution >= 0.6 is 11.6 Å². The van der Waals surface area contributed by atoms with Gasteiger partial charge in [-0.25, -0.2) is 0 Å². The van der Waals surface area contributed by atoms with Crippen molar-refractivity contribution in [1.29, 1.82) is 0 Å². The van der Waals surface area contributed by atoms with E-state index in [0.717, 1.165) is 36.5 Å². The van der Waals surface area contributed by atoms with Gasteiger partial charge in [-0.05, 0) is 24.6 Å². The molecule has 1 saturated heterocycles. The Hall–Kier alpha value is -2.05. The summed E-state index contributed by atoms with van der Waals surface area (Å²) in [7, 11) is 1.55. The van der Waals surface area contributed by atoms with E-state index >= 15 is 0 Å². The van der Waals surface area contributed by atoms with E-state index in [1.807, 2.05) is 12.1 Å². The summed E-state index contributed by atoms with van der Waals surface area (Å²) in [6.45, 7) is 1.88. The number of rotatable bonds is 5. The Morgan fingerprint density at radius 3 is 3.13 bits per heavy atom. The van der Waals surface area contributed by atoms with E-state index in [4.69, 9.17) is 16.3 Å². The molecule has 0 saturated carbocycles. The lowest BCUT2D eigenvalue weighted by atomic mass is 10.0. The van der Waals surface area contributed by atoms with Gasteiger partial charge in [0.1, 0.15) is 5.75 Å². The first-order valence-corrected chi connectivity index (χ1v) is 7.92. The molecule has 1 aliphatic heterocycles. The number of carbonyl (C=O) groups excluding carboxylic acids is 1. The van der Waals surface area contributed by atoms with Gasteiger partial charge in [-0.1, -0.05) is 23.7 Å². The Morgan fingerprint density at radius 1 is 1.52 bits per heavy atom. The van der Waals surface area contributed by atoms with Gasteiger partial charge in [-0.2, -0.15) is 5.10 Å². The predicted molar refractivity (Wildman–Crippen MR) is 89.2 cm³/mol. The van der Waals surface area contributed by atoms with E-state index in [2.05, 4.69) is 20.8 Å². The fourth-order valence-electron chi connectivity index (χ4n) is 2.83. The number of H-pyrrole nitrogens is 1. The summed E-state index contributed by atoms with van der Waals surface area (Å²) in [6, 6.07) is 5.41. The molecule has 1 amide bonds. The van der Waals surface area contributed by atoms with Crippen LogP contribution in [0.5, 0.6) is 5.75 Å². The van der Waals surface area contributed by atoms with Gasteiger partial charge < -0.3 is 15.4 Å². The fraction of sp³-hybridized carbons (Fsp3) is 0.375. The summed E-state index contributed by atoms with van der Waals surface area (Å²) in [4.78, 5) is 12.3. The number of hydrogen-bond donors (Lipinski definition) is 3. The molecule has 1 unspecified atom stereocenters. The summed E-state index contributed by atoms with van der Waals surface area (Å²) < 4.78 is 5.17. The van der Waals surface area contributed by atoms with Gasteiger partial charge in [0.2, 0.25) is 5.91 Å². The van der Waals surface area contributed by atoms with E-state index in [1.165, 1.54) is 0 Å². The van der Waals surface area contributed by atoms with Crippen LogP contribution < -0.4 is 15.4 Å². The third-order valence-corrected chi connectivity index (χ3v) is 4.45. The molecule has 0 radical (unpaired) electrons. The smallest absolute Gasteiger partial charge is 0.228 e. The lowest BCUT2D eigenvalue weighted by Crippen LogP contribution is -2.16. The molecular weight excluding hydrogens is 316 g/mol. The van der Waals surface area contributed by atoms with Crippen molar-refractivity contribution in [2.45, 2.75) is 18.8 Å². The van der Waals surface area contributed by atoms with Crippen molar-refractivity contribution in [1.82, 2.24) is 15.5 Å². The van der Waals surface area contributed by atoms with E-state index in [-0.39, 0.29) is 12.3 Å². The number of anilines is 1. The summed E-state index contributed by atoms with van der Waals surface area (Å²) in [5, 5.41) is 13.8. The number of nitrogens with zero attached hydrogens (tertiary/aromatic N) is 1. The van der Waals surface area contributed by atoms with Crippen molar-refractivity contribution in [3.8, 4) is 5.75 Å². The number of hydrogen-bond acceptors (Lipinski definition) is 4. The molecule has 3 rings (SSSR count). The average Bonchev–Trinajstić information content (AvgIpc) is 3.20. The molecule has 0 aliphatic carbocycles. The van der Waals surface area contributed by atoms with Gasteiger partial charge >= 0.3 is 0 Å². The topological polar surface area (TPSA) is 79.0 Å². The van der Waals surface area contributed by atoms with Crippen molar-refractivity contribution >= 4 is 23.2 Å². The van der Waals surface area contributed by atoms with E-state index < -0.39 is 0 Å². The molecule has 1 aromatic heterocycles. The molecular formula is C16H19ClN4O2. The molecule has 1 atom stereocenters. The molecule has 2 heterocycles. The molecule has 7 heteroatoms. The van der Waals surface area contributed by atoms with Gasteiger partial charge in [0, 0.05) is 12.5 Å². The number of benzene rings is 1. The van der Waals surface area contributed by atoms with Crippen LogP contribution in [0.15, 0.2) is 24.4 Å². The molecule has 2 aromatic rings.